The molecule has 0 unspecified atom stereocenters. The highest BCUT2D eigenvalue weighted by Crippen LogP contribution is 2.37. The van der Waals surface area contributed by atoms with Crippen LogP contribution in [0.15, 0.2) is 54.6 Å². The summed E-state index contributed by atoms with van der Waals surface area (Å²) >= 11 is 0. The van der Waals surface area contributed by atoms with Crippen molar-refractivity contribution in [3.8, 4) is 11.1 Å². The third-order valence-corrected chi connectivity index (χ3v) is 2.93. The molecular formula is C15H14O2. The molecule has 0 atom stereocenters. The van der Waals surface area contributed by atoms with Crippen molar-refractivity contribution in [2.24, 2.45) is 0 Å². The largest absolute Gasteiger partial charge is 0.320 e. The van der Waals surface area contributed by atoms with E-state index in [-0.39, 0.29) is 12.6 Å². The first-order valence-corrected chi connectivity index (χ1v) is 5.80. The average Bonchev–Trinajstić information content (AvgIpc) is 2.36. The molecule has 17 heavy (non-hydrogen) atoms. The molecule has 0 aliphatic carbocycles. The molecule has 2 heteroatoms. The first kappa shape index (κ1) is 10.5. The van der Waals surface area contributed by atoms with Gasteiger partial charge >= 0.3 is 0 Å². The van der Waals surface area contributed by atoms with Crippen molar-refractivity contribution in [1.82, 2.24) is 0 Å². The molecule has 1 aliphatic rings. The maximum absolute atomic E-state index is 5.57. The van der Waals surface area contributed by atoms with E-state index in [0.29, 0.717) is 0 Å². The predicted molar refractivity (Wildman–Crippen MR) is 66.3 cm³/mol. The van der Waals surface area contributed by atoms with Gasteiger partial charge in [0.25, 0.3) is 0 Å². The summed E-state index contributed by atoms with van der Waals surface area (Å²) in [4.78, 5) is 0. The maximum atomic E-state index is 5.57. The molecule has 1 heterocycles. The molecule has 3 rings (SSSR count). The molecule has 0 saturated carbocycles. The van der Waals surface area contributed by atoms with Gasteiger partial charge in [-0.2, -0.15) is 0 Å². The lowest BCUT2D eigenvalue weighted by atomic mass is 9.99. The monoisotopic (exact) mass is 226 g/mol. The van der Waals surface area contributed by atoms with Gasteiger partial charge < -0.3 is 9.47 Å². The molecule has 0 aromatic heterocycles. The quantitative estimate of drug-likeness (QED) is 0.776. The van der Waals surface area contributed by atoms with E-state index >= 15 is 0 Å². The Morgan fingerprint density at radius 3 is 2.18 bits per heavy atom. The van der Waals surface area contributed by atoms with E-state index in [1.807, 2.05) is 37.3 Å². The number of rotatable bonds is 2. The Hall–Kier alpha value is -1.64. The van der Waals surface area contributed by atoms with Crippen molar-refractivity contribution in [2.45, 2.75) is 19.5 Å². The second kappa shape index (κ2) is 4.32. The van der Waals surface area contributed by atoms with Crippen LogP contribution in [0.3, 0.4) is 0 Å². The summed E-state index contributed by atoms with van der Waals surface area (Å²) in [6, 6.07) is 18.5. The summed E-state index contributed by atoms with van der Waals surface area (Å²) < 4.78 is 11.1. The normalized spacial score (nSPS) is 23.1. The Kier molecular flexibility index (Phi) is 2.67. The van der Waals surface area contributed by atoms with Gasteiger partial charge in [0.1, 0.15) is 0 Å². The second-order valence-electron chi connectivity index (χ2n) is 4.12. The topological polar surface area (TPSA) is 18.5 Å². The highest BCUT2D eigenvalue weighted by Gasteiger charge is 2.30. The number of benzene rings is 2. The molecule has 1 aliphatic heterocycles. The maximum Gasteiger partial charge on any atom is 0.190 e. The number of hydrogen-bond acceptors (Lipinski definition) is 2. The van der Waals surface area contributed by atoms with Gasteiger partial charge in [-0.15, -0.1) is 0 Å². The van der Waals surface area contributed by atoms with E-state index in [9.17, 15) is 0 Å². The molecule has 2 nitrogen and oxygen atoms in total. The van der Waals surface area contributed by atoms with Gasteiger partial charge in [-0.05, 0) is 18.1 Å². The molecule has 1 fully saturated rings. The summed E-state index contributed by atoms with van der Waals surface area (Å²) in [5.41, 5.74) is 3.46. The Bertz CT molecular complexity index is 501. The highest BCUT2D eigenvalue weighted by molar-refractivity contribution is 5.67. The lowest BCUT2D eigenvalue weighted by Crippen LogP contribution is -2.31. The summed E-state index contributed by atoms with van der Waals surface area (Å²) in [5, 5.41) is 0. The Morgan fingerprint density at radius 1 is 0.824 bits per heavy atom. The van der Waals surface area contributed by atoms with Gasteiger partial charge in [-0.1, -0.05) is 54.6 Å². The van der Waals surface area contributed by atoms with E-state index in [2.05, 4.69) is 24.3 Å². The molecule has 0 bridgehead atoms. The molecule has 86 valence electrons. The molecule has 0 radical (unpaired) electrons. The van der Waals surface area contributed by atoms with E-state index in [1.165, 1.54) is 11.1 Å². The van der Waals surface area contributed by atoms with Crippen molar-refractivity contribution < 1.29 is 9.47 Å². The third kappa shape index (κ3) is 1.97. The lowest BCUT2D eigenvalue weighted by molar-refractivity contribution is -0.382. The minimum absolute atomic E-state index is 0.0937. The average molecular weight is 226 g/mol. The fourth-order valence-electron chi connectivity index (χ4n) is 2.09. The fourth-order valence-corrected chi connectivity index (χ4v) is 2.09. The predicted octanol–water partition coefficient (Wildman–Crippen LogP) is 3.75. The summed E-state index contributed by atoms with van der Waals surface area (Å²) in [7, 11) is 0. The zero-order chi connectivity index (χ0) is 11.7. The third-order valence-electron chi connectivity index (χ3n) is 2.93. The summed E-state index contributed by atoms with van der Waals surface area (Å²) in [6.07, 6.45) is -0.315. The van der Waals surface area contributed by atoms with Gasteiger partial charge in [0.15, 0.2) is 12.6 Å². The summed E-state index contributed by atoms with van der Waals surface area (Å²) in [6.45, 7) is 1.90. The van der Waals surface area contributed by atoms with Gasteiger partial charge in [-0.3, -0.25) is 0 Å². The van der Waals surface area contributed by atoms with Crippen molar-refractivity contribution in [3.05, 3.63) is 60.2 Å². The van der Waals surface area contributed by atoms with Gasteiger partial charge in [-0.25, -0.2) is 0 Å². The molecule has 0 N–H and O–H groups in total. The van der Waals surface area contributed by atoms with Crippen LogP contribution in [-0.2, 0) is 9.47 Å². The Morgan fingerprint density at radius 2 is 1.47 bits per heavy atom. The smallest absolute Gasteiger partial charge is 0.190 e. The van der Waals surface area contributed by atoms with E-state index in [0.717, 1.165) is 5.56 Å². The van der Waals surface area contributed by atoms with Crippen LogP contribution >= 0.6 is 0 Å². The van der Waals surface area contributed by atoms with Crippen LogP contribution in [0.1, 0.15) is 18.8 Å². The van der Waals surface area contributed by atoms with E-state index in [4.69, 9.17) is 9.47 Å². The van der Waals surface area contributed by atoms with Crippen LogP contribution in [0.4, 0.5) is 0 Å². The molecule has 2 aromatic carbocycles. The number of hydrogen-bond donors (Lipinski definition) is 0. The lowest BCUT2D eigenvalue weighted by Gasteiger charge is -2.35. The Balaban J connectivity index is 2.00. The highest BCUT2D eigenvalue weighted by atomic mass is 16.9. The van der Waals surface area contributed by atoms with Crippen LogP contribution in [0.25, 0.3) is 11.1 Å². The van der Waals surface area contributed by atoms with Crippen molar-refractivity contribution in [1.29, 1.82) is 0 Å². The second-order valence-corrected chi connectivity index (χ2v) is 4.12. The molecule has 0 amide bonds. The van der Waals surface area contributed by atoms with Crippen LogP contribution < -0.4 is 0 Å². The fraction of sp³-hybridized carbons (Fsp3) is 0.200. The van der Waals surface area contributed by atoms with Crippen molar-refractivity contribution in [2.75, 3.05) is 0 Å². The molecular weight excluding hydrogens is 212 g/mol. The minimum Gasteiger partial charge on any atom is -0.320 e. The summed E-state index contributed by atoms with van der Waals surface area (Å²) in [5.74, 6) is 0. The first-order chi connectivity index (χ1) is 8.34. The molecule has 0 spiro atoms. The van der Waals surface area contributed by atoms with Crippen LogP contribution in [0, 0.1) is 0 Å². The van der Waals surface area contributed by atoms with Crippen molar-refractivity contribution >= 4 is 0 Å². The van der Waals surface area contributed by atoms with Gasteiger partial charge in [0, 0.05) is 5.56 Å². The van der Waals surface area contributed by atoms with Crippen LogP contribution in [0.5, 0.6) is 0 Å². The molecule has 1 saturated heterocycles. The van der Waals surface area contributed by atoms with E-state index < -0.39 is 0 Å². The van der Waals surface area contributed by atoms with Gasteiger partial charge in [0.2, 0.25) is 0 Å². The minimum atomic E-state index is -0.221. The molecule has 2 aromatic rings. The van der Waals surface area contributed by atoms with Crippen LogP contribution in [-0.4, -0.2) is 6.29 Å². The zero-order valence-corrected chi connectivity index (χ0v) is 9.67. The standard InChI is InChI=1S/C15H14O2/c1-11-16-15(17-11)14-10-6-5-9-13(14)12-7-3-2-4-8-12/h2-11,15H,1H3. The van der Waals surface area contributed by atoms with Crippen molar-refractivity contribution in [3.63, 3.8) is 0 Å². The van der Waals surface area contributed by atoms with Crippen LogP contribution in [0.2, 0.25) is 0 Å². The van der Waals surface area contributed by atoms with E-state index in [1.54, 1.807) is 0 Å². The Labute approximate surface area is 101 Å². The van der Waals surface area contributed by atoms with Gasteiger partial charge in [0.05, 0.1) is 0 Å². The SMILES string of the molecule is CC1OC(c2ccccc2-c2ccccc2)O1. The zero-order valence-electron chi connectivity index (χ0n) is 9.67. The first-order valence-electron chi connectivity index (χ1n) is 5.80. The number of ether oxygens (including phenoxy) is 2.